The van der Waals surface area contributed by atoms with Crippen LogP contribution in [0.3, 0.4) is 0 Å². The van der Waals surface area contributed by atoms with E-state index in [1.807, 2.05) is 18.2 Å². The van der Waals surface area contributed by atoms with Crippen molar-refractivity contribution in [1.82, 2.24) is 10.3 Å². The molecule has 0 amide bonds. The average Bonchev–Trinajstić information content (AvgIpc) is 2.47. The van der Waals surface area contributed by atoms with Gasteiger partial charge in [-0.05, 0) is 18.2 Å². The third-order valence-corrected chi connectivity index (χ3v) is 3.71. The van der Waals surface area contributed by atoms with Gasteiger partial charge >= 0.3 is 0 Å². The van der Waals surface area contributed by atoms with Crippen molar-refractivity contribution in [1.29, 1.82) is 0 Å². The van der Waals surface area contributed by atoms with Gasteiger partial charge in [-0.3, -0.25) is 4.98 Å². The number of rotatable bonds is 2. The van der Waals surface area contributed by atoms with Crippen LogP contribution in [-0.2, 0) is 0 Å². The van der Waals surface area contributed by atoms with Gasteiger partial charge in [0.25, 0.3) is 0 Å². The predicted octanol–water partition coefficient (Wildman–Crippen LogP) is 2.73. The molecule has 0 aliphatic carbocycles. The van der Waals surface area contributed by atoms with Gasteiger partial charge in [-0.1, -0.05) is 11.6 Å². The summed E-state index contributed by atoms with van der Waals surface area (Å²) in [6, 6.07) is 5.90. The molecule has 1 fully saturated rings. The topological polar surface area (TPSA) is 37.4 Å². The van der Waals surface area contributed by atoms with Crippen LogP contribution in [0.1, 0.15) is 0 Å². The quantitative estimate of drug-likeness (QED) is 0.925. The zero-order chi connectivity index (χ0) is 13.2. The van der Waals surface area contributed by atoms with Crippen molar-refractivity contribution in [2.45, 2.75) is 0 Å². The lowest BCUT2D eigenvalue weighted by atomic mass is 10.1. The molecule has 4 nitrogen and oxygen atoms in total. The Hall–Kier alpha value is -1.23. The summed E-state index contributed by atoms with van der Waals surface area (Å²) in [5, 5.41) is 5.10. The molecule has 1 aromatic heterocycles. The second-order valence-electron chi connectivity index (χ2n) is 4.57. The smallest absolute Gasteiger partial charge is 0.119 e. The first-order chi connectivity index (χ1) is 9.29. The number of halogens is 2. The molecule has 1 N–H and O–H groups in total. The van der Waals surface area contributed by atoms with Crippen LogP contribution in [-0.4, -0.2) is 38.3 Å². The van der Waals surface area contributed by atoms with Crippen molar-refractivity contribution in [3.8, 4) is 5.75 Å². The van der Waals surface area contributed by atoms with E-state index in [9.17, 15) is 0 Å². The summed E-state index contributed by atoms with van der Waals surface area (Å²) < 4.78 is 5.30. The highest BCUT2D eigenvalue weighted by molar-refractivity contribution is 6.34. The molecule has 0 atom stereocenters. The van der Waals surface area contributed by atoms with Gasteiger partial charge in [0, 0.05) is 37.8 Å². The summed E-state index contributed by atoms with van der Waals surface area (Å²) >= 11 is 6.37. The second-order valence-corrected chi connectivity index (χ2v) is 4.98. The van der Waals surface area contributed by atoms with Crippen molar-refractivity contribution >= 4 is 40.6 Å². The van der Waals surface area contributed by atoms with Crippen molar-refractivity contribution < 1.29 is 4.74 Å². The standard InChI is InChI=1S/C14H16ClN3O.ClH/c1-19-10-2-3-13-11(8-10)14(12(15)9-17-13)18-6-4-16-5-7-18;/h2-3,8-9,16H,4-7H2,1H3;1H. The molecular weight excluding hydrogens is 297 g/mol. The molecule has 2 aromatic rings. The molecule has 108 valence electrons. The average molecular weight is 314 g/mol. The number of anilines is 1. The number of benzene rings is 1. The minimum absolute atomic E-state index is 0. The molecule has 2 heterocycles. The molecule has 0 saturated carbocycles. The molecule has 1 aliphatic rings. The summed E-state index contributed by atoms with van der Waals surface area (Å²) in [5.41, 5.74) is 2.01. The van der Waals surface area contributed by atoms with Gasteiger partial charge in [0.15, 0.2) is 0 Å². The number of hydrogen-bond donors (Lipinski definition) is 1. The van der Waals surface area contributed by atoms with Gasteiger partial charge in [0.05, 0.1) is 23.3 Å². The largest absolute Gasteiger partial charge is 0.497 e. The third kappa shape index (κ3) is 2.77. The van der Waals surface area contributed by atoms with Gasteiger partial charge in [0.1, 0.15) is 5.75 Å². The van der Waals surface area contributed by atoms with E-state index >= 15 is 0 Å². The first-order valence-electron chi connectivity index (χ1n) is 6.37. The summed E-state index contributed by atoms with van der Waals surface area (Å²) in [5.74, 6) is 0.827. The lowest BCUT2D eigenvalue weighted by molar-refractivity contribution is 0.415. The maximum absolute atomic E-state index is 6.37. The van der Waals surface area contributed by atoms with Crippen molar-refractivity contribution in [2.75, 3.05) is 38.2 Å². The van der Waals surface area contributed by atoms with Crippen LogP contribution in [0.25, 0.3) is 10.9 Å². The zero-order valence-corrected chi connectivity index (χ0v) is 12.8. The number of fused-ring (bicyclic) bond motifs is 1. The normalized spacial score (nSPS) is 15.0. The Balaban J connectivity index is 0.00000147. The lowest BCUT2D eigenvalue weighted by Gasteiger charge is -2.31. The Morgan fingerprint density at radius 3 is 2.75 bits per heavy atom. The minimum atomic E-state index is 0. The fraction of sp³-hybridized carbons (Fsp3) is 0.357. The monoisotopic (exact) mass is 313 g/mol. The molecule has 0 bridgehead atoms. The fourth-order valence-electron chi connectivity index (χ4n) is 2.47. The number of hydrogen-bond acceptors (Lipinski definition) is 4. The number of ether oxygens (including phenoxy) is 1. The number of pyridine rings is 1. The van der Waals surface area contributed by atoms with Crippen LogP contribution >= 0.6 is 24.0 Å². The van der Waals surface area contributed by atoms with E-state index in [2.05, 4.69) is 15.2 Å². The van der Waals surface area contributed by atoms with E-state index in [1.165, 1.54) is 0 Å². The Labute approximate surface area is 129 Å². The highest BCUT2D eigenvalue weighted by atomic mass is 35.5. The number of aromatic nitrogens is 1. The predicted molar refractivity (Wildman–Crippen MR) is 85.6 cm³/mol. The molecule has 6 heteroatoms. The molecule has 0 radical (unpaired) electrons. The third-order valence-electron chi connectivity index (χ3n) is 3.44. The Morgan fingerprint density at radius 2 is 2.05 bits per heavy atom. The second kappa shape index (κ2) is 6.48. The lowest BCUT2D eigenvalue weighted by Crippen LogP contribution is -2.43. The maximum atomic E-state index is 6.37. The molecule has 1 aliphatic heterocycles. The van der Waals surface area contributed by atoms with Gasteiger partial charge in [-0.25, -0.2) is 0 Å². The minimum Gasteiger partial charge on any atom is -0.497 e. The van der Waals surface area contributed by atoms with Crippen LogP contribution in [0.4, 0.5) is 5.69 Å². The van der Waals surface area contributed by atoms with Crippen LogP contribution in [0.5, 0.6) is 5.75 Å². The summed E-state index contributed by atoms with van der Waals surface area (Å²) in [6.45, 7) is 3.86. The first-order valence-corrected chi connectivity index (χ1v) is 6.75. The number of nitrogens with zero attached hydrogens (tertiary/aromatic N) is 2. The number of methoxy groups -OCH3 is 1. The molecule has 20 heavy (non-hydrogen) atoms. The Kier molecular flexibility index (Phi) is 4.91. The molecule has 1 aromatic carbocycles. The van der Waals surface area contributed by atoms with Crippen molar-refractivity contribution in [3.63, 3.8) is 0 Å². The molecule has 0 spiro atoms. The highest BCUT2D eigenvalue weighted by Crippen LogP contribution is 2.35. The SMILES string of the molecule is COc1ccc2ncc(Cl)c(N3CCNCC3)c2c1.Cl. The summed E-state index contributed by atoms with van der Waals surface area (Å²) in [6.07, 6.45) is 1.73. The van der Waals surface area contributed by atoms with E-state index in [0.29, 0.717) is 5.02 Å². The molecule has 3 rings (SSSR count). The van der Waals surface area contributed by atoms with E-state index < -0.39 is 0 Å². The van der Waals surface area contributed by atoms with Crippen LogP contribution in [0.2, 0.25) is 5.02 Å². The Bertz CT molecular complexity index is 600. The zero-order valence-electron chi connectivity index (χ0n) is 11.2. The van der Waals surface area contributed by atoms with Crippen molar-refractivity contribution in [2.24, 2.45) is 0 Å². The van der Waals surface area contributed by atoms with E-state index in [4.69, 9.17) is 16.3 Å². The van der Waals surface area contributed by atoms with Crippen molar-refractivity contribution in [3.05, 3.63) is 29.4 Å². The Morgan fingerprint density at radius 1 is 1.30 bits per heavy atom. The van der Waals surface area contributed by atoms with Crippen LogP contribution in [0, 0.1) is 0 Å². The first kappa shape index (κ1) is 15.2. The van der Waals surface area contributed by atoms with Gasteiger partial charge in [-0.15, -0.1) is 12.4 Å². The van der Waals surface area contributed by atoms with Crippen LogP contribution in [0.15, 0.2) is 24.4 Å². The highest BCUT2D eigenvalue weighted by Gasteiger charge is 2.17. The van der Waals surface area contributed by atoms with E-state index in [-0.39, 0.29) is 12.4 Å². The number of piperazine rings is 1. The van der Waals surface area contributed by atoms with Gasteiger partial charge < -0.3 is 15.0 Å². The molecule has 0 unspecified atom stereocenters. The fourth-order valence-corrected chi connectivity index (χ4v) is 2.74. The summed E-state index contributed by atoms with van der Waals surface area (Å²) in [7, 11) is 1.67. The maximum Gasteiger partial charge on any atom is 0.119 e. The van der Waals surface area contributed by atoms with Gasteiger partial charge in [-0.2, -0.15) is 0 Å². The van der Waals surface area contributed by atoms with E-state index in [1.54, 1.807) is 13.3 Å². The summed E-state index contributed by atoms with van der Waals surface area (Å²) in [4.78, 5) is 6.69. The van der Waals surface area contributed by atoms with E-state index in [0.717, 1.165) is 48.5 Å². The molecular formula is C14H17Cl2N3O. The van der Waals surface area contributed by atoms with Gasteiger partial charge in [0.2, 0.25) is 0 Å². The van der Waals surface area contributed by atoms with Crippen LogP contribution < -0.4 is 15.0 Å². The number of nitrogens with one attached hydrogen (secondary N) is 1. The molecule has 1 saturated heterocycles.